The standard InChI is InChI=1S/C13H11Br2N3O2/c1-18-4-2-3-9(18)7-16-17-13(20)10-5-8(14)6-11(15)12(10)19/h2-7,19H,1H3,(H,17,20)/b16-7-. The Kier molecular flexibility index (Phi) is 4.61. The van der Waals surface area contributed by atoms with Gasteiger partial charge in [-0.15, -0.1) is 0 Å². The van der Waals surface area contributed by atoms with Crippen molar-refractivity contribution in [3.63, 3.8) is 0 Å². The van der Waals surface area contributed by atoms with Crippen LogP contribution in [0.5, 0.6) is 5.75 Å². The van der Waals surface area contributed by atoms with E-state index in [9.17, 15) is 9.90 Å². The number of aryl methyl sites for hydroxylation is 1. The van der Waals surface area contributed by atoms with Crippen LogP contribution >= 0.6 is 31.9 Å². The van der Waals surface area contributed by atoms with Crippen LogP contribution in [0, 0.1) is 0 Å². The van der Waals surface area contributed by atoms with Gasteiger partial charge in [-0.25, -0.2) is 5.43 Å². The maximum Gasteiger partial charge on any atom is 0.275 e. The normalized spacial score (nSPS) is 10.9. The van der Waals surface area contributed by atoms with Gasteiger partial charge in [-0.1, -0.05) is 15.9 Å². The van der Waals surface area contributed by atoms with E-state index in [1.54, 1.807) is 6.07 Å². The Hall–Kier alpha value is -1.60. The van der Waals surface area contributed by atoms with E-state index in [0.717, 1.165) is 5.69 Å². The minimum Gasteiger partial charge on any atom is -0.506 e. The predicted molar refractivity (Wildman–Crippen MR) is 84.0 cm³/mol. The number of carbonyl (C=O) groups excluding carboxylic acids is 1. The minimum absolute atomic E-state index is 0.125. The van der Waals surface area contributed by atoms with Gasteiger partial charge in [0.2, 0.25) is 0 Å². The quantitative estimate of drug-likeness (QED) is 0.614. The lowest BCUT2D eigenvalue weighted by atomic mass is 10.2. The second-order valence-corrected chi connectivity index (χ2v) is 5.80. The zero-order valence-corrected chi connectivity index (χ0v) is 13.6. The van der Waals surface area contributed by atoms with Crippen LogP contribution in [0.4, 0.5) is 0 Å². The molecule has 2 aromatic rings. The van der Waals surface area contributed by atoms with Crippen LogP contribution in [0.15, 0.2) is 44.5 Å². The summed E-state index contributed by atoms with van der Waals surface area (Å²) in [7, 11) is 1.88. The summed E-state index contributed by atoms with van der Waals surface area (Å²) in [6, 6.07) is 6.91. The van der Waals surface area contributed by atoms with Gasteiger partial charge in [0.05, 0.1) is 21.9 Å². The molecule has 5 nitrogen and oxygen atoms in total. The average molecular weight is 401 g/mol. The molecular weight excluding hydrogens is 390 g/mol. The number of rotatable bonds is 3. The maximum absolute atomic E-state index is 12.0. The van der Waals surface area contributed by atoms with E-state index in [4.69, 9.17) is 0 Å². The molecule has 7 heteroatoms. The topological polar surface area (TPSA) is 66.6 Å². The van der Waals surface area contributed by atoms with Crippen molar-refractivity contribution < 1.29 is 9.90 Å². The largest absolute Gasteiger partial charge is 0.506 e. The van der Waals surface area contributed by atoms with Crippen molar-refractivity contribution >= 4 is 44.0 Å². The Morgan fingerprint density at radius 1 is 1.45 bits per heavy atom. The van der Waals surface area contributed by atoms with Crippen molar-refractivity contribution in [2.75, 3.05) is 0 Å². The molecule has 1 aromatic heterocycles. The highest BCUT2D eigenvalue weighted by molar-refractivity contribution is 9.11. The first-order valence-electron chi connectivity index (χ1n) is 5.62. The number of carbonyl (C=O) groups is 1. The number of amides is 1. The Labute approximate surface area is 132 Å². The summed E-state index contributed by atoms with van der Waals surface area (Å²) in [5.74, 6) is -0.616. The van der Waals surface area contributed by atoms with E-state index in [2.05, 4.69) is 42.4 Å². The summed E-state index contributed by atoms with van der Waals surface area (Å²) < 4.78 is 2.98. The third kappa shape index (κ3) is 3.29. The van der Waals surface area contributed by atoms with Crippen LogP contribution in [0.25, 0.3) is 0 Å². The highest BCUT2D eigenvalue weighted by Gasteiger charge is 2.14. The summed E-state index contributed by atoms with van der Waals surface area (Å²) >= 11 is 6.43. The molecule has 0 fully saturated rings. The first-order chi connectivity index (χ1) is 9.49. The number of hydrogen-bond donors (Lipinski definition) is 2. The number of hydrazone groups is 1. The summed E-state index contributed by atoms with van der Waals surface area (Å²) in [6.45, 7) is 0. The summed E-state index contributed by atoms with van der Waals surface area (Å²) in [6.07, 6.45) is 3.41. The Morgan fingerprint density at radius 2 is 2.20 bits per heavy atom. The molecule has 0 aliphatic rings. The molecule has 0 aliphatic carbocycles. The first-order valence-corrected chi connectivity index (χ1v) is 7.20. The van der Waals surface area contributed by atoms with Gasteiger partial charge in [0.15, 0.2) is 0 Å². The van der Waals surface area contributed by atoms with E-state index in [-0.39, 0.29) is 11.3 Å². The van der Waals surface area contributed by atoms with Gasteiger partial charge in [0.25, 0.3) is 5.91 Å². The lowest BCUT2D eigenvalue weighted by Crippen LogP contribution is -2.18. The van der Waals surface area contributed by atoms with Gasteiger partial charge < -0.3 is 9.67 Å². The Bertz CT molecular complexity index is 680. The highest BCUT2D eigenvalue weighted by atomic mass is 79.9. The summed E-state index contributed by atoms with van der Waals surface area (Å²) in [4.78, 5) is 12.0. The molecule has 0 aliphatic heterocycles. The van der Waals surface area contributed by atoms with Crippen LogP contribution in [0.1, 0.15) is 16.1 Å². The third-order valence-corrected chi connectivity index (χ3v) is 3.68. The molecule has 0 radical (unpaired) electrons. The number of nitrogens with zero attached hydrogens (tertiary/aromatic N) is 2. The fraction of sp³-hybridized carbons (Fsp3) is 0.0769. The van der Waals surface area contributed by atoms with Gasteiger partial charge in [0.1, 0.15) is 5.75 Å². The van der Waals surface area contributed by atoms with E-state index in [1.165, 1.54) is 12.3 Å². The molecule has 2 N–H and O–H groups in total. The zero-order valence-electron chi connectivity index (χ0n) is 10.5. The lowest BCUT2D eigenvalue weighted by molar-refractivity contribution is 0.0952. The number of phenols is 1. The van der Waals surface area contributed by atoms with Gasteiger partial charge in [0, 0.05) is 17.7 Å². The number of hydrogen-bond acceptors (Lipinski definition) is 3. The van der Waals surface area contributed by atoms with Crippen molar-refractivity contribution in [2.24, 2.45) is 12.1 Å². The summed E-state index contributed by atoms with van der Waals surface area (Å²) in [5.41, 5.74) is 3.36. The van der Waals surface area contributed by atoms with Crippen LogP contribution < -0.4 is 5.43 Å². The smallest absolute Gasteiger partial charge is 0.275 e. The fourth-order valence-electron chi connectivity index (χ4n) is 1.56. The number of benzene rings is 1. The Balaban J connectivity index is 2.13. The first kappa shape index (κ1) is 14.8. The predicted octanol–water partition coefficient (Wildman–Crippen LogP) is 3.02. The second-order valence-electron chi connectivity index (χ2n) is 4.03. The maximum atomic E-state index is 12.0. The number of halogens is 2. The van der Waals surface area contributed by atoms with Gasteiger partial charge in [-0.05, 0) is 40.2 Å². The molecule has 0 unspecified atom stereocenters. The number of aromatic nitrogens is 1. The zero-order chi connectivity index (χ0) is 14.7. The fourth-order valence-corrected chi connectivity index (χ4v) is 2.79. The molecule has 0 bridgehead atoms. The molecule has 0 atom stereocenters. The van der Waals surface area contributed by atoms with Crippen LogP contribution in [0.3, 0.4) is 0 Å². The third-order valence-electron chi connectivity index (χ3n) is 2.62. The van der Waals surface area contributed by atoms with Crippen LogP contribution in [-0.2, 0) is 7.05 Å². The molecular formula is C13H11Br2N3O2. The monoisotopic (exact) mass is 399 g/mol. The lowest BCUT2D eigenvalue weighted by Gasteiger charge is -2.05. The van der Waals surface area contributed by atoms with E-state index < -0.39 is 5.91 Å². The molecule has 0 saturated heterocycles. The summed E-state index contributed by atoms with van der Waals surface area (Å²) in [5, 5.41) is 13.7. The van der Waals surface area contributed by atoms with Gasteiger partial charge >= 0.3 is 0 Å². The number of aromatic hydroxyl groups is 1. The van der Waals surface area contributed by atoms with Crippen molar-refractivity contribution in [1.29, 1.82) is 0 Å². The molecule has 104 valence electrons. The molecule has 1 aromatic carbocycles. The average Bonchev–Trinajstić information content (AvgIpc) is 2.79. The van der Waals surface area contributed by atoms with Crippen molar-refractivity contribution in [1.82, 2.24) is 9.99 Å². The van der Waals surface area contributed by atoms with Crippen LogP contribution in [0.2, 0.25) is 0 Å². The number of nitrogens with one attached hydrogen (secondary N) is 1. The molecule has 0 saturated carbocycles. The molecule has 20 heavy (non-hydrogen) atoms. The molecule has 1 amide bonds. The second kappa shape index (κ2) is 6.23. The Morgan fingerprint density at radius 3 is 2.85 bits per heavy atom. The van der Waals surface area contributed by atoms with E-state index in [0.29, 0.717) is 8.95 Å². The van der Waals surface area contributed by atoms with Crippen LogP contribution in [-0.4, -0.2) is 21.8 Å². The molecule has 0 spiro atoms. The van der Waals surface area contributed by atoms with E-state index in [1.807, 2.05) is 29.9 Å². The van der Waals surface area contributed by atoms with Crippen molar-refractivity contribution in [3.8, 4) is 5.75 Å². The number of phenolic OH excluding ortho intramolecular Hbond substituents is 1. The molecule has 2 rings (SSSR count). The van der Waals surface area contributed by atoms with Gasteiger partial charge in [-0.2, -0.15) is 5.10 Å². The van der Waals surface area contributed by atoms with Crippen molar-refractivity contribution in [2.45, 2.75) is 0 Å². The van der Waals surface area contributed by atoms with Crippen molar-refractivity contribution in [3.05, 3.63) is 50.7 Å². The highest BCUT2D eigenvalue weighted by Crippen LogP contribution is 2.31. The van der Waals surface area contributed by atoms with Gasteiger partial charge in [-0.3, -0.25) is 4.79 Å². The van der Waals surface area contributed by atoms with E-state index >= 15 is 0 Å². The molecule has 1 heterocycles. The SMILES string of the molecule is Cn1cccc1/C=N\NC(=O)c1cc(Br)cc(Br)c1O. The minimum atomic E-state index is -0.491.